The molecule has 1 aromatic carbocycles. The van der Waals surface area contributed by atoms with Gasteiger partial charge in [0.1, 0.15) is 0 Å². The number of hydrogen-bond acceptors (Lipinski definition) is 2. The van der Waals surface area contributed by atoms with Crippen LogP contribution in [0.3, 0.4) is 0 Å². The predicted octanol–water partition coefficient (Wildman–Crippen LogP) is 3.59. The average molecular weight is 224 g/mol. The van der Waals surface area contributed by atoms with Gasteiger partial charge in [0.2, 0.25) is 0 Å². The fraction of sp³-hybridized carbons (Fsp3) is 0.417. The number of aryl methyl sites for hydroxylation is 1. The van der Waals surface area contributed by atoms with Crippen molar-refractivity contribution in [2.24, 2.45) is 0 Å². The summed E-state index contributed by atoms with van der Waals surface area (Å²) in [6.45, 7) is 4.09. The van der Waals surface area contributed by atoms with Crippen LogP contribution in [0.1, 0.15) is 35.7 Å². The summed E-state index contributed by atoms with van der Waals surface area (Å²) in [7, 11) is 0. The zero-order valence-electron chi connectivity index (χ0n) is 9.12. The van der Waals surface area contributed by atoms with Crippen LogP contribution in [0.15, 0.2) is 23.1 Å². The van der Waals surface area contributed by atoms with Crippen molar-refractivity contribution in [1.82, 2.24) is 0 Å². The summed E-state index contributed by atoms with van der Waals surface area (Å²) >= 11 is 1.65. The second-order valence-corrected chi connectivity index (χ2v) is 4.56. The maximum Gasteiger partial charge on any atom is 0.336 e. The maximum absolute atomic E-state index is 11.0. The largest absolute Gasteiger partial charge is 0.478 e. The molecule has 0 amide bonds. The predicted molar refractivity (Wildman–Crippen MR) is 63.8 cm³/mol. The van der Waals surface area contributed by atoms with Gasteiger partial charge in [0.15, 0.2) is 0 Å². The van der Waals surface area contributed by atoms with Gasteiger partial charge in [0.05, 0.1) is 5.56 Å². The number of rotatable bonds is 5. The first-order valence-electron chi connectivity index (χ1n) is 5.12. The molecule has 0 aliphatic rings. The van der Waals surface area contributed by atoms with Crippen LogP contribution >= 0.6 is 11.8 Å². The van der Waals surface area contributed by atoms with Crippen LogP contribution in [0.5, 0.6) is 0 Å². The van der Waals surface area contributed by atoms with E-state index in [4.69, 9.17) is 5.11 Å². The summed E-state index contributed by atoms with van der Waals surface area (Å²) in [5, 5.41) is 9.03. The molecule has 0 radical (unpaired) electrons. The lowest BCUT2D eigenvalue weighted by atomic mass is 10.1. The third-order valence-corrected chi connectivity index (χ3v) is 3.51. The van der Waals surface area contributed by atoms with Crippen LogP contribution in [0.2, 0.25) is 0 Å². The van der Waals surface area contributed by atoms with Crippen molar-refractivity contribution < 1.29 is 9.90 Å². The molecule has 0 aliphatic carbocycles. The number of hydrogen-bond donors (Lipinski definition) is 1. The highest BCUT2D eigenvalue weighted by molar-refractivity contribution is 7.99. The Labute approximate surface area is 94.7 Å². The zero-order valence-corrected chi connectivity index (χ0v) is 9.93. The molecule has 1 aromatic rings. The molecule has 0 atom stereocenters. The van der Waals surface area contributed by atoms with Gasteiger partial charge in [-0.05, 0) is 30.7 Å². The highest BCUT2D eigenvalue weighted by Crippen LogP contribution is 2.27. The van der Waals surface area contributed by atoms with Gasteiger partial charge in [0, 0.05) is 4.90 Å². The number of carboxylic acids is 1. The number of carbonyl (C=O) groups is 1. The first kappa shape index (κ1) is 12.1. The Balaban J connectivity index is 2.87. The molecule has 15 heavy (non-hydrogen) atoms. The average Bonchev–Trinajstić information content (AvgIpc) is 2.20. The maximum atomic E-state index is 11.0. The first-order chi connectivity index (χ1) is 7.16. The number of thioether (sulfide) groups is 1. The van der Waals surface area contributed by atoms with Gasteiger partial charge in [-0.25, -0.2) is 4.79 Å². The lowest BCUT2D eigenvalue weighted by Crippen LogP contribution is -2.00. The minimum atomic E-state index is -0.835. The topological polar surface area (TPSA) is 37.3 Å². The Morgan fingerprint density at radius 1 is 1.47 bits per heavy atom. The molecular weight excluding hydrogens is 208 g/mol. The minimum absolute atomic E-state index is 0.427. The number of carboxylic acid groups (broad SMARTS) is 1. The quantitative estimate of drug-likeness (QED) is 0.613. The SMILES string of the molecule is CCCCSc1c(C)cccc1C(=O)O. The molecule has 0 bridgehead atoms. The third kappa shape index (κ3) is 3.27. The molecule has 0 fully saturated rings. The highest BCUT2D eigenvalue weighted by Gasteiger charge is 2.11. The normalized spacial score (nSPS) is 10.3. The van der Waals surface area contributed by atoms with E-state index >= 15 is 0 Å². The molecule has 2 nitrogen and oxygen atoms in total. The monoisotopic (exact) mass is 224 g/mol. The summed E-state index contributed by atoms with van der Waals surface area (Å²) in [5.74, 6) is 0.152. The van der Waals surface area contributed by atoms with E-state index in [-0.39, 0.29) is 0 Å². The first-order valence-corrected chi connectivity index (χ1v) is 6.11. The number of benzene rings is 1. The van der Waals surface area contributed by atoms with Gasteiger partial charge in [-0.1, -0.05) is 25.5 Å². The molecular formula is C12H16O2S. The molecule has 0 aromatic heterocycles. The van der Waals surface area contributed by atoms with Crippen LogP contribution in [0.25, 0.3) is 0 Å². The van der Waals surface area contributed by atoms with Gasteiger partial charge < -0.3 is 5.11 Å². The fourth-order valence-electron chi connectivity index (χ4n) is 1.33. The summed E-state index contributed by atoms with van der Waals surface area (Å²) in [6.07, 6.45) is 2.26. The van der Waals surface area contributed by atoms with Crippen LogP contribution in [0, 0.1) is 6.92 Å². The molecule has 1 rings (SSSR count). The molecule has 0 aliphatic heterocycles. The van der Waals surface area contributed by atoms with Gasteiger partial charge in [0.25, 0.3) is 0 Å². The summed E-state index contributed by atoms with van der Waals surface area (Å²) in [4.78, 5) is 11.9. The Kier molecular flexibility index (Phi) is 4.69. The Morgan fingerprint density at radius 2 is 2.20 bits per heavy atom. The van der Waals surface area contributed by atoms with E-state index in [1.54, 1.807) is 23.9 Å². The summed E-state index contributed by atoms with van der Waals surface area (Å²) in [6, 6.07) is 5.42. The van der Waals surface area contributed by atoms with Crippen molar-refractivity contribution in [3.8, 4) is 0 Å². The molecule has 0 spiro atoms. The van der Waals surface area contributed by atoms with Crippen LogP contribution in [0.4, 0.5) is 0 Å². The minimum Gasteiger partial charge on any atom is -0.478 e. The Bertz CT molecular complexity index is 347. The van der Waals surface area contributed by atoms with Crippen LogP contribution in [-0.4, -0.2) is 16.8 Å². The zero-order chi connectivity index (χ0) is 11.3. The van der Waals surface area contributed by atoms with E-state index in [2.05, 4.69) is 6.92 Å². The van der Waals surface area contributed by atoms with Crippen molar-refractivity contribution in [1.29, 1.82) is 0 Å². The van der Waals surface area contributed by atoms with Gasteiger partial charge in [-0.3, -0.25) is 0 Å². The van der Waals surface area contributed by atoms with E-state index in [0.717, 1.165) is 29.1 Å². The van der Waals surface area contributed by atoms with E-state index in [9.17, 15) is 4.79 Å². The van der Waals surface area contributed by atoms with E-state index < -0.39 is 5.97 Å². The molecule has 1 N–H and O–H groups in total. The third-order valence-electron chi connectivity index (χ3n) is 2.19. The molecule has 0 unspecified atom stereocenters. The highest BCUT2D eigenvalue weighted by atomic mass is 32.2. The lowest BCUT2D eigenvalue weighted by Gasteiger charge is -2.08. The Morgan fingerprint density at radius 3 is 2.80 bits per heavy atom. The van der Waals surface area contributed by atoms with Gasteiger partial charge in [-0.2, -0.15) is 0 Å². The smallest absolute Gasteiger partial charge is 0.336 e. The van der Waals surface area contributed by atoms with Crippen molar-refractivity contribution in [2.75, 3.05) is 5.75 Å². The number of unbranched alkanes of at least 4 members (excludes halogenated alkanes) is 1. The molecule has 82 valence electrons. The van der Waals surface area contributed by atoms with Crippen LogP contribution < -0.4 is 0 Å². The van der Waals surface area contributed by atoms with Crippen molar-refractivity contribution >= 4 is 17.7 Å². The number of aromatic carboxylic acids is 1. The van der Waals surface area contributed by atoms with E-state index in [1.807, 2.05) is 13.0 Å². The van der Waals surface area contributed by atoms with Gasteiger partial charge in [-0.15, -0.1) is 11.8 Å². The van der Waals surface area contributed by atoms with E-state index in [1.165, 1.54) is 0 Å². The summed E-state index contributed by atoms with van der Waals surface area (Å²) < 4.78 is 0. The lowest BCUT2D eigenvalue weighted by molar-refractivity contribution is 0.0693. The van der Waals surface area contributed by atoms with E-state index in [0.29, 0.717) is 5.56 Å². The van der Waals surface area contributed by atoms with Crippen molar-refractivity contribution in [3.63, 3.8) is 0 Å². The Hall–Kier alpha value is -0.960. The van der Waals surface area contributed by atoms with Crippen LogP contribution in [-0.2, 0) is 0 Å². The molecule has 0 saturated carbocycles. The van der Waals surface area contributed by atoms with Crippen molar-refractivity contribution in [2.45, 2.75) is 31.6 Å². The second-order valence-electron chi connectivity index (χ2n) is 3.46. The van der Waals surface area contributed by atoms with Gasteiger partial charge >= 0.3 is 5.97 Å². The standard InChI is InChI=1S/C12H16O2S/c1-3-4-8-15-11-9(2)6-5-7-10(11)12(13)14/h5-7H,3-4,8H2,1-2H3,(H,13,14). The molecule has 0 saturated heterocycles. The molecule has 0 heterocycles. The summed E-state index contributed by atoms with van der Waals surface area (Å²) in [5.41, 5.74) is 1.48. The second kappa shape index (κ2) is 5.81. The van der Waals surface area contributed by atoms with Crippen molar-refractivity contribution in [3.05, 3.63) is 29.3 Å². The fourth-order valence-corrected chi connectivity index (χ4v) is 2.57. The molecule has 3 heteroatoms.